The van der Waals surface area contributed by atoms with E-state index in [1.54, 1.807) is 0 Å². The maximum atomic E-state index is 6.09. The minimum Gasteiger partial charge on any atom is -0.487 e. The Morgan fingerprint density at radius 3 is 2.60 bits per heavy atom. The van der Waals surface area contributed by atoms with Crippen molar-refractivity contribution < 1.29 is 4.74 Å². The Balaban J connectivity index is 1.66. The van der Waals surface area contributed by atoms with Crippen LogP contribution in [-0.4, -0.2) is 5.60 Å². The summed E-state index contributed by atoms with van der Waals surface area (Å²) in [5.74, 6) is 1.08. The summed E-state index contributed by atoms with van der Waals surface area (Å²) in [5.41, 5.74) is 3.82. The zero-order chi connectivity index (χ0) is 14.0. The Bertz CT molecular complexity index is 590. The van der Waals surface area contributed by atoms with Crippen molar-refractivity contribution in [3.05, 3.63) is 65.2 Å². The SMILES string of the molecule is CC1(C)Cc2cccc(CNCc3ccccc3)c2O1. The van der Waals surface area contributed by atoms with Crippen LogP contribution < -0.4 is 10.1 Å². The van der Waals surface area contributed by atoms with Gasteiger partial charge in [0.15, 0.2) is 0 Å². The summed E-state index contributed by atoms with van der Waals surface area (Å²) in [6.07, 6.45) is 0.995. The number of para-hydroxylation sites is 1. The highest BCUT2D eigenvalue weighted by molar-refractivity contribution is 5.45. The van der Waals surface area contributed by atoms with Crippen LogP contribution in [0.5, 0.6) is 5.75 Å². The number of rotatable bonds is 4. The summed E-state index contributed by atoms with van der Waals surface area (Å²) in [5, 5.41) is 3.50. The van der Waals surface area contributed by atoms with Crippen LogP contribution in [0.15, 0.2) is 48.5 Å². The Morgan fingerprint density at radius 1 is 1.00 bits per heavy atom. The van der Waals surface area contributed by atoms with Crippen molar-refractivity contribution in [3.8, 4) is 5.75 Å². The molecule has 0 aliphatic carbocycles. The van der Waals surface area contributed by atoms with Crippen molar-refractivity contribution in [1.82, 2.24) is 5.32 Å². The van der Waals surface area contributed by atoms with Gasteiger partial charge in [0.25, 0.3) is 0 Å². The number of nitrogens with one attached hydrogen (secondary N) is 1. The Kier molecular flexibility index (Phi) is 3.49. The summed E-state index contributed by atoms with van der Waals surface area (Å²) in [4.78, 5) is 0. The minimum atomic E-state index is -0.0716. The molecule has 0 radical (unpaired) electrons. The highest BCUT2D eigenvalue weighted by Gasteiger charge is 2.31. The molecule has 0 bridgehead atoms. The van der Waals surface area contributed by atoms with Gasteiger partial charge in [-0.2, -0.15) is 0 Å². The molecule has 3 rings (SSSR count). The predicted molar refractivity (Wildman–Crippen MR) is 81.8 cm³/mol. The van der Waals surface area contributed by atoms with Crippen molar-refractivity contribution in [2.24, 2.45) is 0 Å². The fraction of sp³-hybridized carbons (Fsp3) is 0.333. The molecule has 1 aliphatic rings. The second kappa shape index (κ2) is 5.29. The monoisotopic (exact) mass is 267 g/mol. The zero-order valence-electron chi connectivity index (χ0n) is 12.1. The summed E-state index contributed by atoms with van der Waals surface area (Å²) in [6, 6.07) is 16.9. The number of hydrogen-bond donors (Lipinski definition) is 1. The van der Waals surface area contributed by atoms with E-state index >= 15 is 0 Å². The highest BCUT2D eigenvalue weighted by Crippen LogP contribution is 2.37. The van der Waals surface area contributed by atoms with Gasteiger partial charge in [0.05, 0.1) is 0 Å². The minimum absolute atomic E-state index is 0.0716. The van der Waals surface area contributed by atoms with Gasteiger partial charge in [0.1, 0.15) is 11.4 Å². The first-order valence-electron chi connectivity index (χ1n) is 7.18. The second-order valence-corrected chi connectivity index (χ2v) is 6.03. The van der Waals surface area contributed by atoms with E-state index in [1.165, 1.54) is 16.7 Å². The van der Waals surface area contributed by atoms with Gasteiger partial charge >= 0.3 is 0 Å². The summed E-state index contributed by atoms with van der Waals surface area (Å²) < 4.78 is 6.09. The lowest BCUT2D eigenvalue weighted by molar-refractivity contribution is 0.137. The van der Waals surface area contributed by atoms with Crippen molar-refractivity contribution in [3.63, 3.8) is 0 Å². The van der Waals surface area contributed by atoms with Gasteiger partial charge in [-0.05, 0) is 25.0 Å². The molecule has 0 aromatic heterocycles. The number of ether oxygens (including phenoxy) is 1. The molecule has 1 heterocycles. The normalized spacial score (nSPS) is 15.7. The van der Waals surface area contributed by atoms with Crippen molar-refractivity contribution in [1.29, 1.82) is 0 Å². The van der Waals surface area contributed by atoms with Crippen LogP contribution in [0, 0.1) is 0 Å². The van der Waals surface area contributed by atoms with Crippen molar-refractivity contribution >= 4 is 0 Å². The van der Waals surface area contributed by atoms with E-state index in [-0.39, 0.29) is 5.60 Å². The Morgan fingerprint density at radius 2 is 1.80 bits per heavy atom. The molecule has 2 aromatic rings. The third kappa shape index (κ3) is 2.86. The summed E-state index contributed by atoms with van der Waals surface area (Å²) >= 11 is 0. The molecule has 0 fully saturated rings. The van der Waals surface area contributed by atoms with Gasteiger partial charge in [0.2, 0.25) is 0 Å². The summed E-state index contributed by atoms with van der Waals surface area (Å²) in [7, 11) is 0. The van der Waals surface area contributed by atoms with Gasteiger partial charge < -0.3 is 10.1 Å². The van der Waals surface area contributed by atoms with Crippen LogP contribution in [0.25, 0.3) is 0 Å². The Labute approximate surface area is 120 Å². The standard InChI is InChI=1S/C18H21NO/c1-18(2)11-15-9-6-10-16(17(15)20-18)13-19-12-14-7-4-3-5-8-14/h3-10,19H,11-13H2,1-2H3. The molecular weight excluding hydrogens is 246 g/mol. The predicted octanol–water partition coefficient (Wildman–Crippen LogP) is 3.69. The largest absolute Gasteiger partial charge is 0.487 e. The van der Waals surface area contributed by atoms with E-state index in [4.69, 9.17) is 4.74 Å². The van der Waals surface area contributed by atoms with Gasteiger partial charge in [0, 0.05) is 25.1 Å². The van der Waals surface area contributed by atoms with Crippen LogP contribution in [0.1, 0.15) is 30.5 Å². The maximum absolute atomic E-state index is 6.09. The first-order chi connectivity index (χ1) is 9.64. The van der Waals surface area contributed by atoms with Crippen molar-refractivity contribution in [2.45, 2.75) is 39.0 Å². The number of hydrogen-bond acceptors (Lipinski definition) is 2. The van der Waals surface area contributed by atoms with Gasteiger partial charge in [-0.1, -0.05) is 48.5 Å². The third-order valence-electron chi connectivity index (χ3n) is 3.66. The van der Waals surface area contributed by atoms with E-state index in [0.29, 0.717) is 0 Å². The second-order valence-electron chi connectivity index (χ2n) is 6.03. The molecule has 0 saturated heterocycles. The average molecular weight is 267 g/mol. The fourth-order valence-electron chi connectivity index (χ4n) is 2.76. The molecule has 1 aliphatic heterocycles. The molecule has 2 aromatic carbocycles. The van der Waals surface area contributed by atoms with Gasteiger partial charge in [-0.25, -0.2) is 0 Å². The first-order valence-corrected chi connectivity index (χ1v) is 7.18. The van der Waals surface area contributed by atoms with Crippen LogP contribution in [0.4, 0.5) is 0 Å². The molecule has 2 heteroatoms. The average Bonchev–Trinajstić information content (AvgIpc) is 2.75. The van der Waals surface area contributed by atoms with Crippen molar-refractivity contribution in [2.75, 3.05) is 0 Å². The molecule has 0 unspecified atom stereocenters. The fourth-order valence-corrected chi connectivity index (χ4v) is 2.76. The van der Waals surface area contributed by atoms with Crippen LogP contribution in [-0.2, 0) is 19.5 Å². The molecule has 104 valence electrons. The lowest BCUT2D eigenvalue weighted by Crippen LogP contribution is -2.25. The van der Waals surface area contributed by atoms with Crippen LogP contribution in [0.3, 0.4) is 0 Å². The lowest BCUT2D eigenvalue weighted by atomic mass is 10.0. The van der Waals surface area contributed by atoms with E-state index in [9.17, 15) is 0 Å². The molecule has 2 nitrogen and oxygen atoms in total. The van der Waals surface area contributed by atoms with Gasteiger partial charge in [-0.15, -0.1) is 0 Å². The molecule has 1 N–H and O–H groups in total. The quantitative estimate of drug-likeness (QED) is 0.912. The van der Waals surface area contributed by atoms with Crippen LogP contribution >= 0.6 is 0 Å². The molecular formula is C18H21NO. The Hall–Kier alpha value is -1.80. The molecule has 0 atom stereocenters. The zero-order valence-corrected chi connectivity index (χ0v) is 12.1. The topological polar surface area (TPSA) is 21.3 Å². The van der Waals surface area contributed by atoms with Gasteiger partial charge in [-0.3, -0.25) is 0 Å². The summed E-state index contributed by atoms with van der Waals surface area (Å²) in [6.45, 7) is 6.02. The van der Waals surface area contributed by atoms with E-state index in [0.717, 1.165) is 25.3 Å². The van der Waals surface area contributed by atoms with E-state index in [2.05, 4.69) is 61.6 Å². The molecule has 20 heavy (non-hydrogen) atoms. The lowest BCUT2D eigenvalue weighted by Gasteiger charge is -2.18. The number of benzene rings is 2. The first kappa shape index (κ1) is 13.2. The van der Waals surface area contributed by atoms with Crippen LogP contribution in [0.2, 0.25) is 0 Å². The maximum Gasteiger partial charge on any atom is 0.127 e. The van der Waals surface area contributed by atoms with E-state index in [1.807, 2.05) is 6.07 Å². The van der Waals surface area contributed by atoms with E-state index < -0.39 is 0 Å². The third-order valence-corrected chi connectivity index (χ3v) is 3.66. The number of fused-ring (bicyclic) bond motifs is 1. The molecule has 0 spiro atoms. The molecule has 0 saturated carbocycles. The smallest absolute Gasteiger partial charge is 0.127 e. The molecule has 0 amide bonds. The highest BCUT2D eigenvalue weighted by atomic mass is 16.5.